The second kappa shape index (κ2) is 11.2. The third-order valence-corrected chi connectivity index (χ3v) is 5.21. The maximum absolute atomic E-state index is 5.74. The summed E-state index contributed by atoms with van der Waals surface area (Å²) in [4.78, 5) is 7.17. The van der Waals surface area contributed by atoms with Gasteiger partial charge in [0, 0.05) is 45.8 Å². The maximum Gasteiger partial charge on any atom is 0.194 e. The van der Waals surface area contributed by atoms with Crippen LogP contribution in [0, 0.1) is 12.8 Å². The van der Waals surface area contributed by atoms with Crippen molar-refractivity contribution in [2.45, 2.75) is 45.8 Å². The minimum atomic E-state index is 0. The smallest absolute Gasteiger partial charge is 0.194 e. The maximum atomic E-state index is 5.74. The summed E-state index contributed by atoms with van der Waals surface area (Å²) in [6.07, 6.45) is 3.70. The number of guanidine groups is 1. The van der Waals surface area contributed by atoms with Crippen molar-refractivity contribution < 1.29 is 9.47 Å². The van der Waals surface area contributed by atoms with E-state index in [-0.39, 0.29) is 24.0 Å². The average Bonchev–Trinajstić information content (AvgIpc) is 3.38. The summed E-state index contributed by atoms with van der Waals surface area (Å²) in [5, 5.41) is 11.9. The molecule has 9 heteroatoms. The molecule has 0 saturated carbocycles. The van der Waals surface area contributed by atoms with Crippen LogP contribution >= 0.6 is 24.0 Å². The van der Waals surface area contributed by atoms with E-state index in [9.17, 15) is 0 Å². The van der Waals surface area contributed by atoms with Crippen molar-refractivity contribution >= 4 is 29.9 Å². The van der Waals surface area contributed by atoms with Gasteiger partial charge in [-0.3, -0.25) is 0 Å². The predicted molar refractivity (Wildman–Crippen MR) is 115 cm³/mol. The summed E-state index contributed by atoms with van der Waals surface area (Å²) in [5.41, 5.74) is 0. The van der Waals surface area contributed by atoms with Gasteiger partial charge in [-0.25, -0.2) is 4.99 Å². The van der Waals surface area contributed by atoms with E-state index < -0.39 is 0 Å². The highest BCUT2D eigenvalue weighted by molar-refractivity contribution is 14.0. The standard InChI is InChI=1S/C18H32N6O2.HI/c1-4-25-13-15-7-8-24(12-15)18(19-10-16-6-5-9-26-16)20-11-17-22-21-14(2)23(17)3;/h15-16H,4-13H2,1-3H3,(H,19,20);1H. The van der Waals surface area contributed by atoms with E-state index in [1.54, 1.807) is 0 Å². The van der Waals surface area contributed by atoms with Gasteiger partial charge in [0.15, 0.2) is 11.8 Å². The monoisotopic (exact) mass is 492 g/mol. The number of likely N-dealkylation sites (tertiary alicyclic amines) is 1. The van der Waals surface area contributed by atoms with E-state index in [0.29, 0.717) is 18.6 Å². The van der Waals surface area contributed by atoms with E-state index in [0.717, 1.165) is 76.3 Å². The number of halogens is 1. The van der Waals surface area contributed by atoms with E-state index in [1.807, 2.05) is 25.5 Å². The summed E-state index contributed by atoms with van der Waals surface area (Å²) in [6.45, 7) is 9.80. The lowest BCUT2D eigenvalue weighted by Crippen LogP contribution is -2.43. The molecule has 2 saturated heterocycles. The lowest BCUT2D eigenvalue weighted by atomic mass is 10.1. The van der Waals surface area contributed by atoms with Crippen LogP contribution in [0.15, 0.2) is 4.99 Å². The number of aryl methyl sites for hydroxylation is 1. The van der Waals surface area contributed by atoms with Gasteiger partial charge in [0.2, 0.25) is 0 Å². The van der Waals surface area contributed by atoms with Crippen molar-refractivity contribution in [2.24, 2.45) is 18.0 Å². The van der Waals surface area contributed by atoms with Gasteiger partial charge in [-0.2, -0.15) is 0 Å². The van der Waals surface area contributed by atoms with Gasteiger partial charge in [-0.05, 0) is 33.1 Å². The van der Waals surface area contributed by atoms with Gasteiger partial charge in [0.05, 0.1) is 12.7 Å². The molecule has 1 aromatic rings. The SMILES string of the molecule is CCOCC1CCN(C(=NCc2nnc(C)n2C)NCC2CCCO2)C1.I. The Hall–Kier alpha value is -0.940. The normalized spacial score (nSPS) is 22.9. The quantitative estimate of drug-likeness (QED) is 0.355. The summed E-state index contributed by atoms with van der Waals surface area (Å²) < 4.78 is 13.3. The van der Waals surface area contributed by atoms with E-state index in [2.05, 4.69) is 20.4 Å². The van der Waals surface area contributed by atoms with Gasteiger partial charge >= 0.3 is 0 Å². The van der Waals surface area contributed by atoms with Crippen molar-refractivity contribution in [3.05, 3.63) is 11.6 Å². The third kappa shape index (κ3) is 6.28. The zero-order valence-corrected chi connectivity index (χ0v) is 19.0. The molecule has 2 aliphatic rings. The molecule has 3 heterocycles. The van der Waals surface area contributed by atoms with Gasteiger partial charge in [-0.15, -0.1) is 34.2 Å². The van der Waals surface area contributed by atoms with Crippen LogP contribution in [0.1, 0.15) is 37.8 Å². The molecule has 3 rings (SSSR count). The number of ether oxygens (including phenoxy) is 2. The van der Waals surface area contributed by atoms with Crippen LogP contribution in [0.4, 0.5) is 0 Å². The molecule has 0 amide bonds. The van der Waals surface area contributed by atoms with Gasteiger partial charge in [0.25, 0.3) is 0 Å². The molecule has 0 aliphatic carbocycles. The van der Waals surface area contributed by atoms with Crippen LogP contribution in [0.3, 0.4) is 0 Å². The molecule has 8 nitrogen and oxygen atoms in total. The van der Waals surface area contributed by atoms with Crippen molar-refractivity contribution in [2.75, 3.05) is 39.5 Å². The molecule has 0 spiro atoms. The summed E-state index contributed by atoms with van der Waals surface area (Å²) in [7, 11) is 1.98. The molecule has 2 aliphatic heterocycles. The Bertz CT molecular complexity index is 603. The molecule has 27 heavy (non-hydrogen) atoms. The van der Waals surface area contributed by atoms with Crippen LogP contribution in [0.25, 0.3) is 0 Å². The van der Waals surface area contributed by atoms with Crippen molar-refractivity contribution in [1.29, 1.82) is 0 Å². The molecule has 1 aromatic heterocycles. The van der Waals surface area contributed by atoms with Crippen molar-refractivity contribution in [1.82, 2.24) is 25.0 Å². The Morgan fingerprint density at radius 1 is 1.37 bits per heavy atom. The number of aromatic nitrogens is 3. The van der Waals surface area contributed by atoms with Crippen molar-refractivity contribution in [3.8, 4) is 0 Å². The molecule has 0 bridgehead atoms. The molecule has 2 atom stereocenters. The average molecular weight is 492 g/mol. The van der Waals surface area contributed by atoms with Gasteiger partial charge in [0.1, 0.15) is 12.4 Å². The highest BCUT2D eigenvalue weighted by Gasteiger charge is 2.26. The molecular formula is C18H33IN6O2. The fourth-order valence-corrected chi connectivity index (χ4v) is 3.46. The van der Waals surface area contributed by atoms with Crippen LogP contribution < -0.4 is 5.32 Å². The van der Waals surface area contributed by atoms with Gasteiger partial charge in [-0.1, -0.05) is 0 Å². The predicted octanol–water partition coefficient (Wildman–Crippen LogP) is 1.72. The zero-order valence-electron chi connectivity index (χ0n) is 16.7. The molecule has 0 radical (unpaired) electrons. The fourth-order valence-electron chi connectivity index (χ4n) is 3.46. The Kier molecular flexibility index (Phi) is 9.24. The Labute approximate surface area is 179 Å². The Balaban J connectivity index is 0.00000261. The third-order valence-electron chi connectivity index (χ3n) is 5.21. The van der Waals surface area contributed by atoms with E-state index in [4.69, 9.17) is 14.5 Å². The lowest BCUT2D eigenvalue weighted by molar-refractivity contribution is 0.111. The summed E-state index contributed by atoms with van der Waals surface area (Å²) >= 11 is 0. The Morgan fingerprint density at radius 3 is 2.89 bits per heavy atom. The topological polar surface area (TPSA) is 76.8 Å². The van der Waals surface area contributed by atoms with Crippen LogP contribution in [-0.4, -0.2) is 71.2 Å². The number of hydrogen-bond donors (Lipinski definition) is 1. The highest BCUT2D eigenvalue weighted by atomic mass is 127. The van der Waals surface area contributed by atoms with E-state index >= 15 is 0 Å². The number of nitrogens with one attached hydrogen (secondary N) is 1. The number of aliphatic imine (C=N–C) groups is 1. The minimum Gasteiger partial charge on any atom is -0.381 e. The van der Waals surface area contributed by atoms with Crippen LogP contribution in [0.2, 0.25) is 0 Å². The summed E-state index contributed by atoms with van der Waals surface area (Å²) in [6, 6.07) is 0. The molecule has 0 aromatic carbocycles. The first-order valence-corrected chi connectivity index (χ1v) is 9.74. The molecular weight excluding hydrogens is 459 g/mol. The second-order valence-corrected chi connectivity index (χ2v) is 7.14. The second-order valence-electron chi connectivity index (χ2n) is 7.14. The van der Waals surface area contributed by atoms with Gasteiger partial charge < -0.3 is 24.3 Å². The first kappa shape index (κ1) is 22.4. The molecule has 154 valence electrons. The first-order valence-electron chi connectivity index (χ1n) is 9.74. The first-order chi connectivity index (χ1) is 12.7. The molecule has 2 fully saturated rings. The summed E-state index contributed by atoms with van der Waals surface area (Å²) in [5.74, 6) is 3.30. The number of nitrogens with zero attached hydrogens (tertiary/aromatic N) is 5. The number of rotatable bonds is 7. The minimum absolute atomic E-state index is 0. The Morgan fingerprint density at radius 2 is 2.22 bits per heavy atom. The highest BCUT2D eigenvalue weighted by Crippen LogP contribution is 2.17. The van der Waals surface area contributed by atoms with E-state index in [1.165, 1.54) is 0 Å². The number of hydrogen-bond acceptors (Lipinski definition) is 5. The molecule has 1 N–H and O–H groups in total. The largest absolute Gasteiger partial charge is 0.381 e. The fraction of sp³-hybridized carbons (Fsp3) is 0.833. The van der Waals surface area contributed by atoms with Crippen LogP contribution in [0.5, 0.6) is 0 Å². The molecule has 2 unspecified atom stereocenters. The van der Waals surface area contributed by atoms with Crippen molar-refractivity contribution in [3.63, 3.8) is 0 Å². The van der Waals surface area contributed by atoms with Crippen LogP contribution in [-0.2, 0) is 23.1 Å². The zero-order chi connectivity index (χ0) is 18.4. The lowest BCUT2D eigenvalue weighted by Gasteiger charge is -2.23.